The Hall–Kier alpha value is -3.27. The molecule has 18 heteroatoms. The molecule has 0 aliphatic carbocycles. The normalized spacial score (nSPS) is 14.9. The van der Waals surface area contributed by atoms with Gasteiger partial charge in [0.2, 0.25) is 0 Å². The standard InChI is InChI=1S/C67H118O16P2/c1-4-7-10-13-16-19-22-25-26-27-28-29-30-31-32-33-34-37-39-41-44-47-50-53-65(70)77-56-62(68)57-79-84(73,74)80-58-63(69)59-81-85(75,76)82-61-64(83-67(72)55-52-49-46-43-40-36-24-21-18-15-12-9-6-3)60-78-66(71)54-51-48-45-42-38-35-23-20-17-14-11-8-5-2/h11,14,16,19-21,23-26,28-29,31-32,62-64,68-69H,4-10,12-13,15,17-18,22,27,30,33-61H2,1-3H3,(H,73,74)(H,75,76)/b14-11-,19-16-,23-20-,24-21-,26-25-,29-28-,32-31-. The van der Waals surface area contributed by atoms with Crippen LogP contribution in [-0.4, -0.2) is 95.9 Å². The van der Waals surface area contributed by atoms with Crippen LogP contribution in [0, 0.1) is 0 Å². The highest BCUT2D eigenvalue weighted by Gasteiger charge is 2.29. The number of hydrogen-bond acceptors (Lipinski definition) is 14. The Morgan fingerprint density at radius 1 is 0.329 bits per heavy atom. The van der Waals surface area contributed by atoms with E-state index in [9.17, 15) is 43.5 Å². The van der Waals surface area contributed by atoms with Gasteiger partial charge in [-0.25, -0.2) is 9.13 Å². The summed E-state index contributed by atoms with van der Waals surface area (Å²) in [6.07, 6.45) is 63.6. The second-order valence-electron chi connectivity index (χ2n) is 21.9. The maximum Gasteiger partial charge on any atom is 0.472 e. The summed E-state index contributed by atoms with van der Waals surface area (Å²) in [6.45, 7) is 2.51. The third kappa shape index (κ3) is 62.1. The minimum atomic E-state index is -4.92. The fourth-order valence-corrected chi connectivity index (χ4v) is 10.1. The number of aliphatic hydroxyl groups is 2. The highest BCUT2D eigenvalue weighted by molar-refractivity contribution is 7.47. The number of hydrogen-bond donors (Lipinski definition) is 4. The maximum atomic E-state index is 12.9. The Morgan fingerprint density at radius 2 is 0.612 bits per heavy atom. The summed E-state index contributed by atoms with van der Waals surface area (Å²) in [4.78, 5) is 58.2. The second-order valence-corrected chi connectivity index (χ2v) is 24.8. The number of phosphoric acid groups is 2. The van der Waals surface area contributed by atoms with Crippen LogP contribution in [0.5, 0.6) is 0 Å². The lowest BCUT2D eigenvalue weighted by molar-refractivity contribution is -0.161. The second kappa shape index (κ2) is 61.0. The zero-order valence-corrected chi connectivity index (χ0v) is 54.8. The van der Waals surface area contributed by atoms with Crippen molar-refractivity contribution in [3.8, 4) is 0 Å². The van der Waals surface area contributed by atoms with Crippen molar-refractivity contribution in [3.63, 3.8) is 0 Å². The third-order valence-electron chi connectivity index (χ3n) is 13.5. The molecule has 16 nitrogen and oxygen atoms in total. The summed E-state index contributed by atoms with van der Waals surface area (Å²) in [5, 5.41) is 20.5. The van der Waals surface area contributed by atoms with Crippen molar-refractivity contribution in [2.75, 3.05) is 39.6 Å². The first-order chi connectivity index (χ1) is 41.2. The number of allylic oxidation sites excluding steroid dienone is 14. The van der Waals surface area contributed by atoms with Gasteiger partial charge < -0.3 is 34.2 Å². The molecule has 0 rings (SSSR count). The van der Waals surface area contributed by atoms with Gasteiger partial charge in [-0.1, -0.05) is 215 Å². The molecule has 0 saturated carbocycles. The van der Waals surface area contributed by atoms with Crippen LogP contribution in [0.4, 0.5) is 0 Å². The molecule has 492 valence electrons. The molecule has 0 radical (unpaired) electrons. The smallest absolute Gasteiger partial charge is 0.463 e. The number of unbranched alkanes of at least 4 members (excludes halogenated alkanes) is 25. The quantitative estimate of drug-likeness (QED) is 0.0146. The van der Waals surface area contributed by atoms with Crippen LogP contribution >= 0.6 is 15.6 Å². The highest BCUT2D eigenvalue weighted by Crippen LogP contribution is 2.45. The zero-order chi connectivity index (χ0) is 62.4. The van der Waals surface area contributed by atoms with Crippen molar-refractivity contribution in [3.05, 3.63) is 85.1 Å². The lowest BCUT2D eigenvalue weighted by Gasteiger charge is -2.21. The molecule has 0 aliphatic heterocycles. The van der Waals surface area contributed by atoms with Crippen molar-refractivity contribution < 1.29 is 75.8 Å². The van der Waals surface area contributed by atoms with Gasteiger partial charge in [0.1, 0.15) is 25.4 Å². The molecule has 0 saturated heterocycles. The fourth-order valence-electron chi connectivity index (χ4n) is 8.47. The van der Waals surface area contributed by atoms with E-state index >= 15 is 0 Å². The fraction of sp³-hybridized carbons (Fsp3) is 0.746. The van der Waals surface area contributed by atoms with Crippen molar-refractivity contribution in [1.29, 1.82) is 0 Å². The van der Waals surface area contributed by atoms with Gasteiger partial charge in [-0.05, 0) is 116 Å². The molecule has 0 heterocycles. The minimum absolute atomic E-state index is 0.0916. The van der Waals surface area contributed by atoms with E-state index in [1.54, 1.807) is 0 Å². The van der Waals surface area contributed by atoms with Gasteiger partial charge in [0.25, 0.3) is 0 Å². The van der Waals surface area contributed by atoms with E-state index in [1.165, 1.54) is 51.4 Å². The van der Waals surface area contributed by atoms with Crippen molar-refractivity contribution in [2.45, 2.75) is 283 Å². The predicted octanol–water partition coefficient (Wildman–Crippen LogP) is 17.8. The molecule has 0 bridgehead atoms. The van der Waals surface area contributed by atoms with Gasteiger partial charge in [-0.2, -0.15) is 0 Å². The van der Waals surface area contributed by atoms with Crippen molar-refractivity contribution in [2.24, 2.45) is 0 Å². The molecule has 0 aromatic carbocycles. The maximum absolute atomic E-state index is 12.9. The van der Waals surface area contributed by atoms with Gasteiger partial charge in [0.15, 0.2) is 6.10 Å². The van der Waals surface area contributed by atoms with E-state index in [0.717, 1.165) is 154 Å². The number of carbonyl (C=O) groups excluding carboxylic acids is 3. The van der Waals surface area contributed by atoms with Gasteiger partial charge in [-0.3, -0.25) is 32.5 Å². The number of esters is 3. The number of phosphoric ester groups is 2. The molecule has 0 amide bonds. The van der Waals surface area contributed by atoms with E-state index in [4.69, 9.17) is 32.3 Å². The first-order valence-electron chi connectivity index (χ1n) is 32.9. The van der Waals surface area contributed by atoms with Gasteiger partial charge >= 0.3 is 33.6 Å². The molecular weight excluding hydrogens is 1120 g/mol. The molecule has 0 spiro atoms. The van der Waals surface area contributed by atoms with Crippen molar-refractivity contribution >= 4 is 33.6 Å². The number of carbonyl (C=O) groups is 3. The lowest BCUT2D eigenvalue weighted by Crippen LogP contribution is -2.30. The summed E-state index contributed by atoms with van der Waals surface area (Å²) in [5.41, 5.74) is 0. The molecule has 0 aliphatic rings. The van der Waals surface area contributed by atoms with E-state index < -0.39 is 91.5 Å². The summed E-state index contributed by atoms with van der Waals surface area (Å²) in [7, 11) is -9.77. The SMILES string of the molecule is CCC/C=C\C/C=C\CCCCCCCC(=O)OCC(COP(=O)(O)OCC(O)COP(=O)(O)OCC(O)COC(=O)CCCCCCCCC/C=C\C/C=C\C/C=C\C/C=C\CCCCC)OC(=O)CCCCCCC/C=C\CCCCCC. The number of aliphatic hydroxyl groups excluding tert-OH is 2. The van der Waals surface area contributed by atoms with Crippen LogP contribution in [0.3, 0.4) is 0 Å². The molecular formula is C67H118O16P2. The summed E-state index contributed by atoms with van der Waals surface area (Å²) < 4.78 is 60.7. The molecule has 85 heavy (non-hydrogen) atoms. The molecule has 0 aromatic heterocycles. The highest BCUT2D eigenvalue weighted by atomic mass is 31.2. The van der Waals surface area contributed by atoms with Gasteiger partial charge in [-0.15, -0.1) is 0 Å². The average molecular weight is 1240 g/mol. The van der Waals surface area contributed by atoms with Crippen LogP contribution < -0.4 is 0 Å². The monoisotopic (exact) mass is 1240 g/mol. The van der Waals surface area contributed by atoms with Gasteiger partial charge in [0.05, 0.1) is 26.4 Å². The Kier molecular flexibility index (Phi) is 58.6. The summed E-state index contributed by atoms with van der Waals surface area (Å²) in [5.74, 6) is -1.61. The van der Waals surface area contributed by atoms with Crippen LogP contribution in [0.25, 0.3) is 0 Å². The van der Waals surface area contributed by atoms with Gasteiger partial charge in [0, 0.05) is 19.3 Å². The Labute approximate surface area is 515 Å². The Morgan fingerprint density at radius 3 is 1.01 bits per heavy atom. The Balaban J connectivity index is 4.57. The first kappa shape index (κ1) is 81.7. The van der Waals surface area contributed by atoms with Crippen LogP contribution in [0.15, 0.2) is 85.1 Å². The average Bonchev–Trinajstić information content (AvgIpc) is 3.51. The van der Waals surface area contributed by atoms with Crippen LogP contribution in [-0.2, 0) is 55.8 Å². The Bertz CT molecular complexity index is 1900. The lowest BCUT2D eigenvalue weighted by atomic mass is 10.1. The molecule has 0 aromatic rings. The minimum Gasteiger partial charge on any atom is -0.463 e. The van der Waals surface area contributed by atoms with E-state index in [1.807, 2.05) is 0 Å². The molecule has 5 unspecified atom stereocenters. The number of rotatable bonds is 62. The van der Waals surface area contributed by atoms with Crippen LogP contribution in [0.1, 0.15) is 265 Å². The summed E-state index contributed by atoms with van der Waals surface area (Å²) in [6, 6.07) is 0. The van der Waals surface area contributed by atoms with E-state index in [2.05, 4.69) is 106 Å². The molecule has 0 fully saturated rings. The first-order valence-corrected chi connectivity index (χ1v) is 35.9. The number of ether oxygens (including phenoxy) is 3. The van der Waals surface area contributed by atoms with E-state index in [0.29, 0.717) is 19.3 Å². The largest absolute Gasteiger partial charge is 0.472 e. The zero-order valence-electron chi connectivity index (χ0n) is 53.0. The van der Waals surface area contributed by atoms with Crippen LogP contribution in [0.2, 0.25) is 0 Å². The van der Waals surface area contributed by atoms with Crippen molar-refractivity contribution in [1.82, 2.24) is 0 Å². The third-order valence-corrected chi connectivity index (χ3v) is 15.4. The molecule has 4 N–H and O–H groups in total. The van der Waals surface area contributed by atoms with E-state index in [-0.39, 0.29) is 19.3 Å². The molecule has 5 atom stereocenters. The summed E-state index contributed by atoms with van der Waals surface area (Å²) >= 11 is 0. The topological polar surface area (TPSA) is 231 Å². The predicted molar refractivity (Wildman–Crippen MR) is 344 cm³/mol.